The molecular weight excluding hydrogens is 390 g/mol. The summed E-state index contributed by atoms with van der Waals surface area (Å²) in [5.41, 5.74) is 0.805. The van der Waals surface area contributed by atoms with E-state index in [1.165, 1.54) is 11.0 Å². The SMILES string of the molecule is CCNC(=O)C(C)N(Cc1ccccc1F)C(=O)Cc1c(Cl)cccc1Cl. The lowest BCUT2D eigenvalue weighted by Crippen LogP contribution is -2.48. The topological polar surface area (TPSA) is 49.4 Å². The molecule has 27 heavy (non-hydrogen) atoms. The monoisotopic (exact) mass is 410 g/mol. The first-order chi connectivity index (χ1) is 12.8. The number of rotatable bonds is 7. The molecule has 2 rings (SSSR count). The van der Waals surface area contributed by atoms with Crippen molar-refractivity contribution in [2.45, 2.75) is 32.9 Å². The molecule has 1 atom stereocenters. The maximum Gasteiger partial charge on any atom is 0.242 e. The van der Waals surface area contributed by atoms with Crippen LogP contribution in [0.3, 0.4) is 0 Å². The molecule has 2 aromatic rings. The lowest BCUT2D eigenvalue weighted by molar-refractivity contribution is -0.140. The number of amides is 2. The minimum absolute atomic E-state index is 0.0358. The molecule has 0 aliphatic heterocycles. The molecule has 0 aliphatic rings. The number of nitrogens with one attached hydrogen (secondary N) is 1. The molecule has 0 radical (unpaired) electrons. The number of nitrogens with zero attached hydrogens (tertiary/aromatic N) is 1. The summed E-state index contributed by atoms with van der Waals surface area (Å²) in [6.07, 6.45) is -0.0866. The van der Waals surface area contributed by atoms with E-state index in [1.807, 2.05) is 0 Å². The van der Waals surface area contributed by atoms with E-state index in [4.69, 9.17) is 23.2 Å². The minimum Gasteiger partial charge on any atom is -0.355 e. The molecule has 1 N–H and O–H groups in total. The minimum atomic E-state index is -0.779. The molecule has 1 unspecified atom stereocenters. The quantitative estimate of drug-likeness (QED) is 0.742. The number of halogens is 3. The molecule has 2 amide bonds. The average Bonchev–Trinajstić information content (AvgIpc) is 2.63. The van der Waals surface area contributed by atoms with Crippen LogP contribution < -0.4 is 5.32 Å². The average molecular weight is 411 g/mol. The van der Waals surface area contributed by atoms with Crippen LogP contribution in [0.25, 0.3) is 0 Å². The molecule has 0 aliphatic carbocycles. The summed E-state index contributed by atoms with van der Waals surface area (Å²) in [4.78, 5) is 26.6. The van der Waals surface area contributed by atoms with E-state index in [0.29, 0.717) is 27.7 Å². The highest BCUT2D eigenvalue weighted by Crippen LogP contribution is 2.26. The maximum absolute atomic E-state index is 14.1. The summed E-state index contributed by atoms with van der Waals surface area (Å²) < 4.78 is 14.1. The summed E-state index contributed by atoms with van der Waals surface area (Å²) >= 11 is 12.3. The Morgan fingerprint density at radius 3 is 2.33 bits per heavy atom. The van der Waals surface area contributed by atoms with Gasteiger partial charge in [-0.15, -0.1) is 0 Å². The van der Waals surface area contributed by atoms with Gasteiger partial charge in [0.25, 0.3) is 0 Å². The Hall–Kier alpha value is -2.11. The molecule has 0 saturated carbocycles. The molecule has 2 aromatic carbocycles. The lowest BCUT2D eigenvalue weighted by atomic mass is 10.1. The van der Waals surface area contributed by atoms with Crippen LogP contribution in [-0.2, 0) is 22.6 Å². The highest BCUT2D eigenvalue weighted by molar-refractivity contribution is 6.36. The summed E-state index contributed by atoms with van der Waals surface area (Å²) in [5.74, 6) is -1.12. The Bertz CT molecular complexity index is 809. The lowest BCUT2D eigenvalue weighted by Gasteiger charge is -2.29. The predicted octanol–water partition coefficient (Wildman–Crippen LogP) is 4.23. The van der Waals surface area contributed by atoms with E-state index < -0.39 is 11.9 Å². The zero-order chi connectivity index (χ0) is 20.0. The molecule has 0 bridgehead atoms. The smallest absolute Gasteiger partial charge is 0.242 e. The van der Waals surface area contributed by atoms with Gasteiger partial charge in [0.05, 0.1) is 6.42 Å². The van der Waals surface area contributed by atoms with Crippen LogP contribution in [-0.4, -0.2) is 29.3 Å². The zero-order valence-electron chi connectivity index (χ0n) is 15.1. The van der Waals surface area contributed by atoms with Crippen LogP contribution in [0.1, 0.15) is 25.0 Å². The van der Waals surface area contributed by atoms with Gasteiger partial charge >= 0.3 is 0 Å². The second kappa shape index (κ2) is 9.72. The fraction of sp³-hybridized carbons (Fsp3) is 0.300. The van der Waals surface area contributed by atoms with Crippen LogP contribution in [0.5, 0.6) is 0 Å². The highest BCUT2D eigenvalue weighted by atomic mass is 35.5. The highest BCUT2D eigenvalue weighted by Gasteiger charge is 2.27. The fourth-order valence-electron chi connectivity index (χ4n) is 2.67. The molecular formula is C20H21Cl2FN2O2. The number of hydrogen-bond donors (Lipinski definition) is 1. The van der Waals surface area contributed by atoms with E-state index >= 15 is 0 Å². The zero-order valence-corrected chi connectivity index (χ0v) is 16.6. The van der Waals surface area contributed by atoms with E-state index in [2.05, 4.69) is 5.32 Å². The first-order valence-electron chi connectivity index (χ1n) is 8.58. The second-order valence-electron chi connectivity index (χ2n) is 6.06. The van der Waals surface area contributed by atoms with E-state index in [0.717, 1.165) is 0 Å². The van der Waals surface area contributed by atoms with E-state index in [-0.39, 0.29) is 24.8 Å². The number of likely N-dealkylation sites (N-methyl/N-ethyl adjacent to an activating group) is 1. The molecule has 0 heterocycles. The van der Waals surface area contributed by atoms with Crippen LogP contribution in [0.15, 0.2) is 42.5 Å². The third-order valence-electron chi connectivity index (χ3n) is 4.21. The van der Waals surface area contributed by atoms with Gasteiger partial charge < -0.3 is 10.2 Å². The van der Waals surface area contributed by atoms with Gasteiger partial charge in [0.15, 0.2) is 0 Å². The van der Waals surface area contributed by atoms with Gasteiger partial charge in [-0.25, -0.2) is 4.39 Å². The normalized spacial score (nSPS) is 11.7. The van der Waals surface area contributed by atoms with Crippen molar-refractivity contribution >= 4 is 35.0 Å². The van der Waals surface area contributed by atoms with Crippen molar-refractivity contribution in [2.24, 2.45) is 0 Å². The largest absolute Gasteiger partial charge is 0.355 e. The van der Waals surface area contributed by atoms with E-state index in [1.54, 1.807) is 50.2 Å². The number of carbonyl (C=O) groups excluding carboxylic acids is 2. The molecule has 0 fully saturated rings. The molecule has 4 nitrogen and oxygen atoms in total. The molecule has 0 aromatic heterocycles. The van der Waals surface area contributed by atoms with Gasteiger partial charge in [0.1, 0.15) is 11.9 Å². The third kappa shape index (κ3) is 5.44. The molecule has 0 spiro atoms. The van der Waals surface area contributed by atoms with Gasteiger partial charge in [0, 0.05) is 28.7 Å². The van der Waals surface area contributed by atoms with Gasteiger partial charge in [-0.3, -0.25) is 9.59 Å². The summed E-state index contributed by atoms with van der Waals surface area (Å²) in [6.45, 7) is 3.79. The fourth-order valence-corrected chi connectivity index (χ4v) is 3.20. The Kier molecular flexibility index (Phi) is 7.63. The van der Waals surface area contributed by atoms with Crippen molar-refractivity contribution in [1.82, 2.24) is 10.2 Å². The van der Waals surface area contributed by atoms with Gasteiger partial charge in [-0.1, -0.05) is 47.5 Å². The summed E-state index contributed by atoms with van der Waals surface area (Å²) in [5, 5.41) is 3.42. The van der Waals surface area contributed by atoms with Crippen molar-refractivity contribution < 1.29 is 14.0 Å². The van der Waals surface area contributed by atoms with Gasteiger partial charge in [-0.05, 0) is 37.6 Å². The predicted molar refractivity (Wildman–Crippen MR) is 105 cm³/mol. The Morgan fingerprint density at radius 2 is 1.74 bits per heavy atom. The number of benzene rings is 2. The maximum atomic E-state index is 14.1. The number of carbonyl (C=O) groups is 2. The summed E-state index contributed by atoms with van der Waals surface area (Å²) in [7, 11) is 0. The first-order valence-corrected chi connectivity index (χ1v) is 9.34. The molecule has 144 valence electrons. The molecule has 0 saturated heterocycles. The van der Waals surface area contributed by atoms with Crippen LogP contribution in [0.4, 0.5) is 4.39 Å². The first kappa shape index (κ1) is 21.2. The number of hydrogen-bond acceptors (Lipinski definition) is 2. The standard InChI is InChI=1S/C20H21Cl2FN2O2/c1-3-24-20(27)13(2)25(12-14-7-4-5-10-18(14)23)19(26)11-15-16(21)8-6-9-17(15)22/h4-10,13H,3,11-12H2,1-2H3,(H,24,27). The Balaban J connectivity index is 2.31. The second-order valence-corrected chi connectivity index (χ2v) is 6.87. The Labute approximate surface area is 168 Å². The van der Waals surface area contributed by atoms with Crippen molar-refractivity contribution in [3.05, 3.63) is 69.5 Å². The van der Waals surface area contributed by atoms with Crippen LogP contribution in [0, 0.1) is 5.82 Å². The van der Waals surface area contributed by atoms with Crippen molar-refractivity contribution in [3.8, 4) is 0 Å². The van der Waals surface area contributed by atoms with Crippen molar-refractivity contribution in [1.29, 1.82) is 0 Å². The molecule has 7 heteroatoms. The van der Waals surface area contributed by atoms with Crippen LogP contribution >= 0.6 is 23.2 Å². The summed E-state index contributed by atoms with van der Waals surface area (Å²) in [6, 6.07) is 10.4. The van der Waals surface area contributed by atoms with E-state index in [9.17, 15) is 14.0 Å². The van der Waals surface area contributed by atoms with Gasteiger partial charge in [0.2, 0.25) is 11.8 Å². The Morgan fingerprint density at radius 1 is 1.11 bits per heavy atom. The third-order valence-corrected chi connectivity index (χ3v) is 4.91. The van der Waals surface area contributed by atoms with Crippen LogP contribution in [0.2, 0.25) is 10.0 Å². The van der Waals surface area contributed by atoms with Crippen molar-refractivity contribution in [2.75, 3.05) is 6.54 Å². The van der Waals surface area contributed by atoms with Crippen molar-refractivity contribution in [3.63, 3.8) is 0 Å². The van der Waals surface area contributed by atoms with Gasteiger partial charge in [-0.2, -0.15) is 0 Å².